The van der Waals surface area contributed by atoms with Gasteiger partial charge in [-0.15, -0.1) is 24.0 Å². The molecule has 1 aliphatic heterocycles. The van der Waals surface area contributed by atoms with Crippen molar-refractivity contribution in [3.8, 4) is 11.4 Å². The monoisotopic (exact) mass is 519 g/mol. The molecule has 1 aliphatic rings. The van der Waals surface area contributed by atoms with Crippen LogP contribution in [-0.4, -0.2) is 47.9 Å². The van der Waals surface area contributed by atoms with Gasteiger partial charge in [-0.2, -0.15) is 4.98 Å². The van der Waals surface area contributed by atoms with Crippen molar-refractivity contribution in [2.75, 3.05) is 26.2 Å². The number of halogens is 2. The first-order valence-electron chi connectivity index (χ1n) is 9.33. The second-order valence-electron chi connectivity index (χ2n) is 6.79. The number of ether oxygens (including phenoxy) is 1. The lowest BCUT2D eigenvalue weighted by atomic mass is 10.0. The highest BCUT2D eigenvalue weighted by Gasteiger charge is 2.29. The highest BCUT2D eigenvalue weighted by atomic mass is 127. The highest BCUT2D eigenvalue weighted by Crippen LogP contribution is 2.25. The van der Waals surface area contributed by atoms with Gasteiger partial charge in [0.2, 0.25) is 11.7 Å². The largest absolute Gasteiger partial charge is 0.373 e. The molecule has 0 aliphatic carbocycles. The van der Waals surface area contributed by atoms with Crippen molar-refractivity contribution in [3.05, 3.63) is 35.2 Å². The van der Waals surface area contributed by atoms with Gasteiger partial charge in [-0.3, -0.25) is 4.99 Å². The fourth-order valence-electron chi connectivity index (χ4n) is 2.91. The molecule has 2 N–H and O–H groups in total. The van der Waals surface area contributed by atoms with Crippen molar-refractivity contribution in [1.29, 1.82) is 0 Å². The Kier molecular flexibility index (Phi) is 8.97. The maximum absolute atomic E-state index is 5.91. The molecule has 1 aromatic heterocycles. The topological polar surface area (TPSA) is 84.6 Å². The molecule has 0 saturated carbocycles. The van der Waals surface area contributed by atoms with Crippen molar-refractivity contribution >= 4 is 41.5 Å². The molecule has 1 atom stereocenters. The number of aromatic nitrogens is 2. The standard InChI is InChI=1S/C19H26ClN5O2.HI/c1-3-21-18(23-13-19(2)10-4-12-26-19)22-11-9-16-24-17(25-27-16)14-5-7-15(20)8-6-14;/h5-8H,3-4,9-13H2,1-2H3,(H2,21,22,23);1H. The molecular weight excluding hydrogens is 493 g/mol. The van der Waals surface area contributed by atoms with Gasteiger partial charge in [0.25, 0.3) is 0 Å². The number of rotatable bonds is 7. The molecule has 28 heavy (non-hydrogen) atoms. The van der Waals surface area contributed by atoms with E-state index < -0.39 is 0 Å². The first kappa shape index (κ1) is 22.9. The van der Waals surface area contributed by atoms with Crippen LogP contribution in [0.15, 0.2) is 33.8 Å². The van der Waals surface area contributed by atoms with E-state index in [9.17, 15) is 0 Å². The molecule has 154 valence electrons. The second-order valence-corrected chi connectivity index (χ2v) is 7.23. The van der Waals surface area contributed by atoms with Gasteiger partial charge < -0.3 is 19.9 Å². The summed E-state index contributed by atoms with van der Waals surface area (Å²) in [5.41, 5.74) is 0.726. The smallest absolute Gasteiger partial charge is 0.228 e. The molecule has 1 saturated heterocycles. The maximum atomic E-state index is 5.91. The molecule has 1 fully saturated rings. The molecule has 1 aromatic carbocycles. The van der Waals surface area contributed by atoms with E-state index in [1.54, 1.807) is 0 Å². The molecule has 1 unspecified atom stereocenters. The van der Waals surface area contributed by atoms with Gasteiger partial charge in [-0.25, -0.2) is 0 Å². The summed E-state index contributed by atoms with van der Waals surface area (Å²) in [5.74, 6) is 1.91. The van der Waals surface area contributed by atoms with E-state index >= 15 is 0 Å². The Morgan fingerprint density at radius 2 is 2.07 bits per heavy atom. The lowest BCUT2D eigenvalue weighted by Crippen LogP contribution is -2.40. The van der Waals surface area contributed by atoms with Gasteiger partial charge >= 0.3 is 0 Å². The fraction of sp³-hybridized carbons (Fsp3) is 0.526. The quantitative estimate of drug-likeness (QED) is 0.330. The Morgan fingerprint density at radius 3 is 2.75 bits per heavy atom. The Labute approximate surface area is 187 Å². The van der Waals surface area contributed by atoms with Crippen LogP contribution in [0.25, 0.3) is 11.4 Å². The van der Waals surface area contributed by atoms with Crippen LogP contribution in [0.4, 0.5) is 0 Å². The van der Waals surface area contributed by atoms with E-state index in [1.807, 2.05) is 31.2 Å². The average Bonchev–Trinajstić information content (AvgIpc) is 3.30. The van der Waals surface area contributed by atoms with Crippen molar-refractivity contribution in [1.82, 2.24) is 20.8 Å². The predicted molar refractivity (Wildman–Crippen MR) is 121 cm³/mol. The van der Waals surface area contributed by atoms with Crippen LogP contribution in [0, 0.1) is 0 Å². The summed E-state index contributed by atoms with van der Waals surface area (Å²) in [5, 5.41) is 11.3. The lowest BCUT2D eigenvalue weighted by Gasteiger charge is -2.21. The first-order chi connectivity index (χ1) is 13.1. The Morgan fingerprint density at radius 1 is 1.29 bits per heavy atom. The van der Waals surface area contributed by atoms with Crippen LogP contribution in [0.3, 0.4) is 0 Å². The Balaban J connectivity index is 0.00000280. The summed E-state index contributed by atoms with van der Waals surface area (Å²) in [6, 6.07) is 7.36. The van der Waals surface area contributed by atoms with Crippen LogP contribution in [-0.2, 0) is 11.2 Å². The molecule has 2 aromatic rings. The van der Waals surface area contributed by atoms with Crippen LogP contribution in [0.1, 0.15) is 32.6 Å². The van der Waals surface area contributed by atoms with Crippen LogP contribution in [0.2, 0.25) is 5.02 Å². The molecule has 3 rings (SSSR count). The second kappa shape index (κ2) is 11.0. The molecule has 7 nitrogen and oxygen atoms in total. The van der Waals surface area contributed by atoms with E-state index in [-0.39, 0.29) is 29.6 Å². The summed E-state index contributed by atoms with van der Waals surface area (Å²) < 4.78 is 11.1. The zero-order chi connectivity index (χ0) is 19.1. The molecular formula is C19H27ClIN5O2. The molecule has 0 amide bonds. The number of benzene rings is 1. The molecule has 0 radical (unpaired) electrons. The zero-order valence-electron chi connectivity index (χ0n) is 16.2. The van der Waals surface area contributed by atoms with E-state index in [4.69, 9.17) is 20.9 Å². The lowest BCUT2D eigenvalue weighted by molar-refractivity contribution is 0.0283. The van der Waals surface area contributed by atoms with Crippen molar-refractivity contribution in [2.24, 2.45) is 4.99 Å². The van der Waals surface area contributed by atoms with Gasteiger partial charge in [-0.05, 0) is 51.0 Å². The maximum Gasteiger partial charge on any atom is 0.228 e. The van der Waals surface area contributed by atoms with Crippen molar-refractivity contribution < 1.29 is 9.26 Å². The van der Waals surface area contributed by atoms with Gasteiger partial charge in [0.1, 0.15) is 0 Å². The summed E-state index contributed by atoms with van der Waals surface area (Å²) in [6.45, 7) is 7.06. The van der Waals surface area contributed by atoms with Crippen molar-refractivity contribution in [2.45, 2.75) is 38.7 Å². The number of hydrogen-bond donors (Lipinski definition) is 2. The minimum atomic E-state index is -0.150. The SMILES string of the molecule is CCNC(=NCC1(C)CCCO1)NCCc1nc(-c2ccc(Cl)cc2)no1.I. The molecule has 9 heteroatoms. The number of hydrogen-bond acceptors (Lipinski definition) is 5. The summed E-state index contributed by atoms with van der Waals surface area (Å²) in [4.78, 5) is 9.08. The number of guanidine groups is 1. The van der Waals surface area contributed by atoms with E-state index in [2.05, 4.69) is 32.7 Å². The third-order valence-electron chi connectivity index (χ3n) is 4.42. The van der Waals surface area contributed by atoms with E-state index in [0.717, 1.165) is 37.5 Å². The third kappa shape index (κ3) is 6.59. The van der Waals surface area contributed by atoms with E-state index in [1.165, 1.54) is 0 Å². The Hall–Kier alpha value is -1.39. The molecule has 2 heterocycles. The minimum Gasteiger partial charge on any atom is -0.373 e. The normalized spacial score (nSPS) is 19.3. The first-order valence-corrected chi connectivity index (χ1v) is 9.70. The van der Waals surface area contributed by atoms with Gasteiger partial charge in [0.15, 0.2) is 5.96 Å². The molecule has 0 bridgehead atoms. The summed E-state index contributed by atoms with van der Waals surface area (Å²) in [6.07, 6.45) is 2.76. The third-order valence-corrected chi connectivity index (χ3v) is 4.67. The van der Waals surface area contributed by atoms with Crippen LogP contribution < -0.4 is 10.6 Å². The average molecular weight is 520 g/mol. The summed E-state index contributed by atoms with van der Waals surface area (Å²) >= 11 is 5.91. The number of nitrogens with one attached hydrogen (secondary N) is 2. The number of nitrogens with zero attached hydrogens (tertiary/aromatic N) is 3. The van der Waals surface area contributed by atoms with Crippen LogP contribution >= 0.6 is 35.6 Å². The molecule has 0 spiro atoms. The zero-order valence-corrected chi connectivity index (χ0v) is 19.3. The highest BCUT2D eigenvalue weighted by molar-refractivity contribution is 14.0. The van der Waals surface area contributed by atoms with Crippen molar-refractivity contribution in [3.63, 3.8) is 0 Å². The van der Waals surface area contributed by atoms with E-state index in [0.29, 0.717) is 36.2 Å². The minimum absolute atomic E-state index is 0. The summed E-state index contributed by atoms with van der Waals surface area (Å²) in [7, 11) is 0. The predicted octanol–water partition coefficient (Wildman–Crippen LogP) is 3.67. The van der Waals surface area contributed by atoms with Gasteiger partial charge in [-0.1, -0.05) is 16.8 Å². The Bertz CT molecular complexity index is 760. The van der Waals surface area contributed by atoms with Gasteiger partial charge in [0.05, 0.1) is 12.1 Å². The van der Waals surface area contributed by atoms with Gasteiger partial charge in [0, 0.05) is 36.7 Å². The number of aliphatic imine (C=N–C) groups is 1. The van der Waals surface area contributed by atoms with Crippen LogP contribution in [0.5, 0.6) is 0 Å². The fourth-order valence-corrected chi connectivity index (χ4v) is 3.04.